The van der Waals surface area contributed by atoms with Gasteiger partial charge in [0.15, 0.2) is 0 Å². The number of hydrogen-bond acceptors (Lipinski definition) is 2. The summed E-state index contributed by atoms with van der Waals surface area (Å²) in [5, 5.41) is 10.3. The maximum absolute atomic E-state index is 9.17. The van der Waals surface area contributed by atoms with Crippen LogP contribution in [0.1, 0.15) is 44.6 Å². The average Bonchev–Trinajstić information content (AvgIpc) is 2.68. The fourth-order valence-electron chi connectivity index (χ4n) is 2.11. The van der Waals surface area contributed by atoms with Crippen molar-refractivity contribution in [2.24, 2.45) is 0 Å². The van der Waals surface area contributed by atoms with Crippen molar-refractivity contribution in [2.75, 3.05) is 0 Å². The van der Waals surface area contributed by atoms with Crippen molar-refractivity contribution in [3.63, 3.8) is 0 Å². The predicted molar refractivity (Wildman–Crippen MR) is 70.2 cm³/mol. The first-order valence-corrected chi connectivity index (χ1v) is 6.12. The number of furan rings is 1. The monoisotopic (exact) mass is 232 g/mol. The number of aryl methyl sites for hydroxylation is 1. The number of aliphatic hydroxyl groups is 1. The minimum absolute atomic E-state index is 0.0419. The van der Waals surface area contributed by atoms with Crippen LogP contribution in [0.5, 0.6) is 0 Å². The third kappa shape index (κ3) is 2.22. The van der Waals surface area contributed by atoms with Crippen LogP contribution in [-0.4, -0.2) is 5.11 Å². The largest absolute Gasteiger partial charge is 0.458 e. The van der Waals surface area contributed by atoms with Crippen LogP contribution in [0.2, 0.25) is 0 Å². The quantitative estimate of drug-likeness (QED) is 0.854. The van der Waals surface area contributed by atoms with Gasteiger partial charge in [-0.05, 0) is 29.5 Å². The van der Waals surface area contributed by atoms with E-state index in [-0.39, 0.29) is 12.0 Å². The van der Waals surface area contributed by atoms with Gasteiger partial charge >= 0.3 is 0 Å². The van der Waals surface area contributed by atoms with E-state index in [1.807, 2.05) is 6.07 Å². The van der Waals surface area contributed by atoms with Gasteiger partial charge in [-0.2, -0.15) is 0 Å². The number of benzene rings is 1. The molecule has 0 bridgehead atoms. The van der Waals surface area contributed by atoms with Crippen LogP contribution in [0.15, 0.2) is 22.6 Å². The normalized spacial score (nSPS) is 12.3. The van der Waals surface area contributed by atoms with Crippen molar-refractivity contribution in [1.29, 1.82) is 0 Å². The molecule has 1 N–H and O–H groups in total. The molecule has 0 atom stereocenters. The van der Waals surface area contributed by atoms with Crippen LogP contribution < -0.4 is 0 Å². The summed E-state index contributed by atoms with van der Waals surface area (Å²) in [5.41, 5.74) is 3.49. The Morgan fingerprint density at radius 3 is 2.41 bits per heavy atom. The van der Waals surface area contributed by atoms with Crippen LogP contribution in [0, 0.1) is 0 Å². The molecule has 1 aromatic carbocycles. The van der Waals surface area contributed by atoms with Crippen molar-refractivity contribution >= 4 is 11.0 Å². The van der Waals surface area contributed by atoms with Gasteiger partial charge in [-0.3, -0.25) is 0 Å². The Bertz CT molecular complexity index is 530. The standard InChI is InChI=1S/C15H20O2/c1-5-10-6-11-8-12(9-16)17-14(11)13(7-10)15(2,3)4/h6-8,16H,5,9H2,1-4H3. The zero-order valence-corrected chi connectivity index (χ0v) is 11.0. The first-order valence-electron chi connectivity index (χ1n) is 6.12. The summed E-state index contributed by atoms with van der Waals surface area (Å²) < 4.78 is 5.72. The van der Waals surface area contributed by atoms with Crippen molar-refractivity contribution < 1.29 is 9.52 Å². The molecule has 0 saturated carbocycles. The summed E-state index contributed by atoms with van der Waals surface area (Å²) in [5.74, 6) is 0.638. The molecule has 17 heavy (non-hydrogen) atoms. The van der Waals surface area contributed by atoms with Crippen LogP contribution in [-0.2, 0) is 18.4 Å². The second-order valence-corrected chi connectivity index (χ2v) is 5.54. The van der Waals surface area contributed by atoms with Crippen LogP contribution in [0.3, 0.4) is 0 Å². The molecule has 2 rings (SSSR count). The van der Waals surface area contributed by atoms with Crippen LogP contribution >= 0.6 is 0 Å². The smallest absolute Gasteiger partial charge is 0.138 e. The molecule has 2 heteroatoms. The highest BCUT2D eigenvalue weighted by molar-refractivity contribution is 5.83. The first-order chi connectivity index (χ1) is 7.95. The van der Waals surface area contributed by atoms with Gasteiger partial charge in [0.05, 0.1) is 0 Å². The van der Waals surface area contributed by atoms with Gasteiger partial charge in [0.2, 0.25) is 0 Å². The van der Waals surface area contributed by atoms with Crippen molar-refractivity contribution in [3.05, 3.63) is 35.1 Å². The molecule has 0 radical (unpaired) electrons. The Morgan fingerprint density at radius 1 is 1.18 bits per heavy atom. The molecule has 92 valence electrons. The van der Waals surface area contributed by atoms with Gasteiger partial charge < -0.3 is 9.52 Å². The molecule has 2 nitrogen and oxygen atoms in total. The van der Waals surface area contributed by atoms with Gasteiger partial charge in [-0.25, -0.2) is 0 Å². The second-order valence-electron chi connectivity index (χ2n) is 5.54. The highest BCUT2D eigenvalue weighted by Gasteiger charge is 2.20. The van der Waals surface area contributed by atoms with E-state index in [4.69, 9.17) is 9.52 Å². The molecule has 2 aromatic rings. The third-order valence-electron chi connectivity index (χ3n) is 3.10. The highest BCUT2D eigenvalue weighted by Crippen LogP contribution is 2.33. The van der Waals surface area contributed by atoms with Gasteiger partial charge in [0, 0.05) is 10.9 Å². The first kappa shape index (κ1) is 12.2. The van der Waals surface area contributed by atoms with Gasteiger partial charge in [0.25, 0.3) is 0 Å². The topological polar surface area (TPSA) is 33.4 Å². The third-order valence-corrected chi connectivity index (χ3v) is 3.10. The van der Waals surface area contributed by atoms with E-state index >= 15 is 0 Å². The van der Waals surface area contributed by atoms with Gasteiger partial charge in [-0.15, -0.1) is 0 Å². The van der Waals surface area contributed by atoms with E-state index in [1.165, 1.54) is 11.1 Å². The van der Waals surface area contributed by atoms with Crippen molar-refractivity contribution in [2.45, 2.75) is 46.1 Å². The van der Waals surface area contributed by atoms with Gasteiger partial charge in [-0.1, -0.05) is 33.8 Å². The molecule has 0 unspecified atom stereocenters. The van der Waals surface area contributed by atoms with E-state index < -0.39 is 0 Å². The zero-order valence-electron chi connectivity index (χ0n) is 11.0. The summed E-state index contributed by atoms with van der Waals surface area (Å²) in [6.45, 7) is 8.66. The molecule has 0 spiro atoms. The fourth-order valence-corrected chi connectivity index (χ4v) is 2.11. The highest BCUT2D eigenvalue weighted by atomic mass is 16.4. The lowest BCUT2D eigenvalue weighted by Gasteiger charge is -2.20. The summed E-state index contributed by atoms with van der Waals surface area (Å²) in [6.07, 6.45) is 1.01. The zero-order chi connectivity index (χ0) is 12.6. The number of hydrogen-bond donors (Lipinski definition) is 1. The van der Waals surface area contributed by atoms with E-state index in [0.717, 1.165) is 17.4 Å². The maximum atomic E-state index is 9.17. The Labute approximate surface area is 102 Å². The summed E-state index contributed by atoms with van der Waals surface area (Å²) in [7, 11) is 0. The molecular weight excluding hydrogens is 212 g/mol. The van der Waals surface area contributed by atoms with E-state index in [1.54, 1.807) is 0 Å². The Morgan fingerprint density at radius 2 is 1.88 bits per heavy atom. The minimum atomic E-state index is -0.0419. The lowest BCUT2D eigenvalue weighted by molar-refractivity contribution is 0.250. The van der Waals surface area contributed by atoms with Crippen LogP contribution in [0.4, 0.5) is 0 Å². The Hall–Kier alpha value is -1.28. The molecule has 1 aromatic heterocycles. The minimum Gasteiger partial charge on any atom is -0.458 e. The molecule has 0 aliphatic rings. The van der Waals surface area contributed by atoms with E-state index in [0.29, 0.717) is 5.76 Å². The maximum Gasteiger partial charge on any atom is 0.138 e. The second kappa shape index (κ2) is 4.19. The lowest BCUT2D eigenvalue weighted by Crippen LogP contribution is -2.11. The summed E-state index contributed by atoms with van der Waals surface area (Å²) in [6, 6.07) is 6.30. The Balaban J connectivity index is 2.74. The molecule has 0 saturated heterocycles. The van der Waals surface area contributed by atoms with E-state index in [2.05, 4.69) is 39.8 Å². The molecule has 0 aliphatic carbocycles. The fraction of sp³-hybridized carbons (Fsp3) is 0.467. The van der Waals surface area contributed by atoms with E-state index in [9.17, 15) is 0 Å². The predicted octanol–water partition coefficient (Wildman–Crippen LogP) is 3.79. The lowest BCUT2D eigenvalue weighted by atomic mass is 9.85. The number of rotatable bonds is 2. The average molecular weight is 232 g/mol. The molecule has 0 fully saturated rings. The number of aliphatic hydroxyl groups excluding tert-OH is 1. The molecule has 1 heterocycles. The molecular formula is C15H20O2. The summed E-state index contributed by atoms with van der Waals surface area (Å²) >= 11 is 0. The van der Waals surface area contributed by atoms with Gasteiger partial charge in [0.1, 0.15) is 18.0 Å². The van der Waals surface area contributed by atoms with Crippen LogP contribution in [0.25, 0.3) is 11.0 Å². The SMILES string of the molecule is CCc1cc(C(C)(C)C)c2oc(CO)cc2c1. The number of fused-ring (bicyclic) bond motifs is 1. The molecule has 0 amide bonds. The van der Waals surface area contributed by atoms with Crippen molar-refractivity contribution in [3.8, 4) is 0 Å². The summed E-state index contributed by atoms with van der Waals surface area (Å²) in [4.78, 5) is 0. The molecule has 0 aliphatic heterocycles. The Kier molecular flexibility index (Phi) is 3.00. The van der Waals surface area contributed by atoms with Crippen molar-refractivity contribution in [1.82, 2.24) is 0 Å².